The molecule has 0 bridgehead atoms. The van der Waals surface area contributed by atoms with E-state index < -0.39 is 0 Å². The van der Waals surface area contributed by atoms with Crippen molar-refractivity contribution in [2.45, 2.75) is 38.3 Å². The van der Waals surface area contributed by atoms with Gasteiger partial charge in [0.2, 0.25) is 0 Å². The predicted octanol–water partition coefficient (Wildman–Crippen LogP) is 2.40. The smallest absolute Gasteiger partial charge is 0.271 e. The molecule has 3 rings (SSSR count). The van der Waals surface area contributed by atoms with Gasteiger partial charge in [0.05, 0.1) is 24.6 Å². The molecule has 26 heavy (non-hydrogen) atoms. The Bertz CT molecular complexity index is 830. The lowest BCUT2D eigenvalue weighted by molar-refractivity contribution is 0.0929. The maximum atomic E-state index is 12.2. The number of ether oxygens (including phenoxy) is 2. The van der Waals surface area contributed by atoms with Crippen LogP contribution in [0, 0.1) is 18.3 Å². The molecule has 1 aromatic heterocycles. The van der Waals surface area contributed by atoms with Crippen LogP contribution in [0.4, 0.5) is 0 Å². The van der Waals surface area contributed by atoms with Gasteiger partial charge >= 0.3 is 0 Å². The molecule has 0 radical (unpaired) electrons. The van der Waals surface area contributed by atoms with Crippen LogP contribution in [-0.2, 0) is 0 Å². The average molecular weight is 352 g/mol. The molecular formula is C19H20N4O3. The van der Waals surface area contributed by atoms with Crippen LogP contribution in [0.3, 0.4) is 0 Å². The number of aryl methyl sites for hydroxylation is 1. The van der Waals surface area contributed by atoms with Crippen LogP contribution in [0.2, 0.25) is 0 Å². The van der Waals surface area contributed by atoms with Gasteiger partial charge in [-0.3, -0.25) is 9.78 Å². The molecule has 1 amide bonds. The summed E-state index contributed by atoms with van der Waals surface area (Å²) in [6.07, 6.45) is 5.45. The molecule has 1 aromatic carbocycles. The van der Waals surface area contributed by atoms with Gasteiger partial charge in [-0.1, -0.05) is 0 Å². The van der Waals surface area contributed by atoms with Crippen molar-refractivity contribution in [1.29, 1.82) is 5.26 Å². The second-order valence-electron chi connectivity index (χ2n) is 6.24. The van der Waals surface area contributed by atoms with Gasteiger partial charge in [0.25, 0.3) is 5.91 Å². The third kappa shape index (κ3) is 4.09. The van der Waals surface area contributed by atoms with Crippen LogP contribution in [0.25, 0.3) is 0 Å². The van der Waals surface area contributed by atoms with Crippen molar-refractivity contribution < 1.29 is 14.3 Å². The monoisotopic (exact) mass is 352 g/mol. The van der Waals surface area contributed by atoms with Gasteiger partial charge in [0.15, 0.2) is 0 Å². The summed E-state index contributed by atoms with van der Waals surface area (Å²) in [5.74, 6) is 0.927. The van der Waals surface area contributed by atoms with Gasteiger partial charge in [-0.2, -0.15) is 5.26 Å². The van der Waals surface area contributed by atoms with Crippen LogP contribution in [0.1, 0.15) is 41.0 Å². The van der Waals surface area contributed by atoms with Crippen LogP contribution >= 0.6 is 0 Å². The zero-order chi connectivity index (χ0) is 18.5. The minimum atomic E-state index is -0.219. The molecule has 1 aliphatic carbocycles. The van der Waals surface area contributed by atoms with Gasteiger partial charge < -0.3 is 14.8 Å². The van der Waals surface area contributed by atoms with Crippen molar-refractivity contribution in [2.24, 2.45) is 0 Å². The minimum absolute atomic E-state index is 0.00189. The number of aromatic nitrogens is 2. The molecule has 1 heterocycles. The summed E-state index contributed by atoms with van der Waals surface area (Å²) >= 11 is 0. The maximum absolute atomic E-state index is 12.2. The third-order valence-corrected chi connectivity index (χ3v) is 4.33. The van der Waals surface area contributed by atoms with Crippen molar-refractivity contribution >= 4 is 5.91 Å². The first kappa shape index (κ1) is 17.7. The lowest BCUT2D eigenvalue weighted by atomic mass is 10.2. The average Bonchev–Trinajstić information content (AvgIpc) is 3.08. The van der Waals surface area contributed by atoms with Crippen molar-refractivity contribution in [3.8, 4) is 17.6 Å². The van der Waals surface area contributed by atoms with E-state index in [1.54, 1.807) is 24.4 Å². The molecular weight excluding hydrogens is 332 g/mol. The number of benzene rings is 1. The number of carbonyl (C=O) groups is 1. The summed E-state index contributed by atoms with van der Waals surface area (Å²) in [6, 6.07) is 7.27. The normalized spacial score (nSPS) is 18.8. The summed E-state index contributed by atoms with van der Waals surface area (Å²) in [5.41, 5.74) is 1.56. The summed E-state index contributed by atoms with van der Waals surface area (Å²) in [7, 11) is 1.52. The molecule has 0 spiro atoms. The fourth-order valence-corrected chi connectivity index (χ4v) is 2.98. The number of hydrogen-bond donors (Lipinski definition) is 1. The molecule has 1 fully saturated rings. The van der Waals surface area contributed by atoms with E-state index in [4.69, 9.17) is 14.7 Å². The van der Waals surface area contributed by atoms with E-state index in [1.807, 2.05) is 6.92 Å². The number of nitriles is 1. The Morgan fingerprint density at radius 2 is 2.15 bits per heavy atom. The molecule has 1 aliphatic rings. The number of nitrogens with one attached hydrogen (secondary N) is 1. The standard InChI is InChI=1S/C19H20N4O3/c1-12-10-22-17(11-21-12)19(24)23-14-4-6-15(7-14)26-16-5-3-13(9-20)18(8-16)25-2/h3,5,8,10-11,14-15H,4,6-7H2,1-2H3,(H,23,24)/t14-,15-/m0/s1. The topological polar surface area (TPSA) is 97.1 Å². The Balaban J connectivity index is 1.56. The molecule has 7 heteroatoms. The van der Waals surface area contributed by atoms with Crippen LogP contribution < -0.4 is 14.8 Å². The molecule has 134 valence electrons. The van der Waals surface area contributed by atoms with Crippen LogP contribution in [0.5, 0.6) is 11.5 Å². The van der Waals surface area contributed by atoms with Gasteiger partial charge in [-0.25, -0.2) is 4.98 Å². The highest BCUT2D eigenvalue weighted by Crippen LogP contribution is 2.29. The van der Waals surface area contributed by atoms with Gasteiger partial charge in [-0.05, 0) is 31.9 Å². The van der Waals surface area contributed by atoms with Crippen molar-refractivity contribution in [1.82, 2.24) is 15.3 Å². The van der Waals surface area contributed by atoms with Gasteiger partial charge in [0, 0.05) is 24.7 Å². The van der Waals surface area contributed by atoms with E-state index in [1.165, 1.54) is 13.3 Å². The molecule has 0 saturated heterocycles. The molecule has 1 N–H and O–H groups in total. The fraction of sp³-hybridized carbons (Fsp3) is 0.368. The second kappa shape index (κ2) is 7.83. The Morgan fingerprint density at radius 1 is 1.31 bits per heavy atom. The van der Waals surface area contributed by atoms with E-state index in [0.717, 1.165) is 18.5 Å². The lowest BCUT2D eigenvalue weighted by Crippen LogP contribution is -2.34. The van der Waals surface area contributed by atoms with Gasteiger partial charge in [0.1, 0.15) is 29.4 Å². The first-order valence-electron chi connectivity index (χ1n) is 8.43. The van der Waals surface area contributed by atoms with Crippen molar-refractivity contribution in [2.75, 3.05) is 7.11 Å². The highest BCUT2D eigenvalue weighted by Gasteiger charge is 2.28. The number of hydrogen-bond acceptors (Lipinski definition) is 6. The summed E-state index contributed by atoms with van der Waals surface area (Å²) in [4.78, 5) is 20.4. The fourth-order valence-electron chi connectivity index (χ4n) is 2.98. The van der Waals surface area contributed by atoms with Crippen molar-refractivity contribution in [3.05, 3.63) is 47.5 Å². The molecule has 1 saturated carbocycles. The molecule has 7 nitrogen and oxygen atoms in total. The highest BCUT2D eigenvalue weighted by molar-refractivity contribution is 5.92. The van der Waals surface area contributed by atoms with E-state index in [2.05, 4.69) is 21.4 Å². The van der Waals surface area contributed by atoms with Crippen LogP contribution in [0.15, 0.2) is 30.6 Å². The first-order chi connectivity index (χ1) is 12.6. The number of rotatable bonds is 5. The Morgan fingerprint density at radius 3 is 2.85 bits per heavy atom. The zero-order valence-electron chi connectivity index (χ0n) is 14.7. The quantitative estimate of drug-likeness (QED) is 0.887. The highest BCUT2D eigenvalue weighted by atomic mass is 16.5. The SMILES string of the molecule is COc1cc(O[C@H]2CC[C@H](NC(=O)c3cnc(C)cn3)C2)ccc1C#N. The number of methoxy groups -OCH3 is 1. The lowest BCUT2D eigenvalue weighted by Gasteiger charge is -2.16. The number of carbonyl (C=O) groups excluding carboxylic acids is 1. The van der Waals surface area contributed by atoms with Crippen LogP contribution in [-0.4, -0.2) is 35.1 Å². The first-order valence-corrected chi connectivity index (χ1v) is 8.43. The largest absolute Gasteiger partial charge is 0.495 e. The van der Waals surface area contributed by atoms with E-state index >= 15 is 0 Å². The Hall–Kier alpha value is -3.14. The summed E-state index contributed by atoms with van der Waals surface area (Å²) in [6.45, 7) is 1.83. The number of amides is 1. The van der Waals surface area contributed by atoms with E-state index in [-0.39, 0.29) is 18.1 Å². The molecule has 0 unspecified atom stereocenters. The predicted molar refractivity (Wildman–Crippen MR) is 94.0 cm³/mol. The number of nitrogens with zero attached hydrogens (tertiary/aromatic N) is 3. The summed E-state index contributed by atoms with van der Waals surface area (Å²) < 4.78 is 11.2. The van der Waals surface area contributed by atoms with E-state index in [0.29, 0.717) is 29.2 Å². The zero-order valence-corrected chi connectivity index (χ0v) is 14.7. The van der Waals surface area contributed by atoms with E-state index in [9.17, 15) is 4.79 Å². The maximum Gasteiger partial charge on any atom is 0.271 e. The van der Waals surface area contributed by atoms with Gasteiger partial charge in [-0.15, -0.1) is 0 Å². The molecule has 2 aromatic rings. The Labute approximate surface area is 152 Å². The molecule has 0 aliphatic heterocycles. The minimum Gasteiger partial charge on any atom is -0.495 e. The third-order valence-electron chi connectivity index (χ3n) is 4.33. The van der Waals surface area contributed by atoms with Crippen molar-refractivity contribution in [3.63, 3.8) is 0 Å². The summed E-state index contributed by atoms with van der Waals surface area (Å²) in [5, 5.41) is 12.0. The second-order valence-corrected chi connectivity index (χ2v) is 6.24. The molecule has 2 atom stereocenters. The Kier molecular flexibility index (Phi) is 5.32.